The molecule has 4 rings (SSSR count). The summed E-state index contributed by atoms with van der Waals surface area (Å²) in [6.45, 7) is 1.42. The zero-order chi connectivity index (χ0) is 31.0. The number of nitrogens with zero attached hydrogens (tertiary/aromatic N) is 1. The van der Waals surface area contributed by atoms with E-state index in [1.165, 1.54) is 24.7 Å². The summed E-state index contributed by atoms with van der Waals surface area (Å²) in [7, 11) is -4.23. The molecule has 0 saturated carbocycles. The number of para-hydroxylation sites is 1. The number of aryl methyl sites for hydroxylation is 1. The molecule has 0 aliphatic rings. The van der Waals surface area contributed by atoms with Crippen LogP contribution in [0.2, 0.25) is 0 Å². The summed E-state index contributed by atoms with van der Waals surface area (Å²) in [5, 5.41) is 17.7. The van der Waals surface area contributed by atoms with Crippen LogP contribution in [-0.2, 0) is 37.2 Å². The van der Waals surface area contributed by atoms with Crippen molar-refractivity contribution in [3.63, 3.8) is 0 Å². The standard InChI is InChI=1S/C28H31N7O7S/c1-17-6-2-5-9-24(17)43(41,42)35-28(40)34-22(12-18-14-31-21-8-4-3-7-20(18)21)26(37)30-11-10-25(36)33-23(27(38)39)13-19-15-29-16-32-19/h2-9,14-16,22-23,31H,10-13H2,1H3,(H,29,32)(H,30,37)(H,33,36)(H,38,39)(H2,34,35,40)/t22-,23-/m0/s1. The van der Waals surface area contributed by atoms with Gasteiger partial charge in [0.15, 0.2) is 0 Å². The highest BCUT2D eigenvalue weighted by Crippen LogP contribution is 2.19. The van der Waals surface area contributed by atoms with Crippen molar-refractivity contribution in [1.29, 1.82) is 0 Å². The van der Waals surface area contributed by atoms with Gasteiger partial charge in [0.2, 0.25) is 11.8 Å². The number of imidazole rings is 1. The maximum atomic E-state index is 13.2. The number of carbonyl (C=O) groups is 4. The van der Waals surface area contributed by atoms with Gasteiger partial charge in [0.05, 0.1) is 11.2 Å². The van der Waals surface area contributed by atoms with Crippen LogP contribution in [0.5, 0.6) is 0 Å². The predicted molar refractivity (Wildman–Crippen MR) is 155 cm³/mol. The number of carboxylic acid groups (broad SMARTS) is 1. The van der Waals surface area contributed by atoms with Crippen molar-refractivity contribution in [3.05, 3.63) is 84.1 Å². The van der Waals surface area contributed by atoms with Crippen molar-refractivity contribution in [2.45, 2.75) is 43.2 Å². The van der Waals surface area contributed by atoms with Gasteiger partial charge in [-0.15, -0.1) is 0 Å². The molecule has 0 aliphatic carbocycles. The van der Waals surface area contributed by atoms with Crippen LogP contribution in [0.1, 0.15) is 23.2 Å². The quantitative estimate of drug-likeness (QED) is 0.116. The molecule has 0 radical (unpaired) electrons. The maximum absolute atomic E-state index is 13.2. The fourth-order valence-corrected chi connectivity index (χ4v) is 5.62. The summed E-state index contributed by atoms with van der Waals surface area (Å²) in [6, 6.07) is 9.94. The molecule has 2 aromatic carbocycles. The van der Waals surface area contributed by atoms with E-state index in [2.05, 4.69) is 30.9 Å². The van der Waals surface area contributed by atoms with Crippen molar-refractivity contribution in [2.75, 3.05) is 6.54 Å². The van der Waals surface area contributed by atoms with Crippen LogP contribution in [0, 0.1) is 6.92 Å². The highest BCUT2D eigenvalue weighted by atomic mass is 32.2. The molecule has 4 amide bonds. The Morgan fingerprint density at radius 1 is 0.953 bits per heavy atom. The molecule has 0 aliphatic heterocycles. The molecule has 0 saturated heterocycles. The van der Waals surface area contributed by atoms with E-state index >= 15 is 0 Å². The molecule has 2 heterocycles. The van der Waals surface area contributed by atoms with Crippen LogP contribution in [0.4, 0.5) is 4.79 Å². The Balaban J connectivity index is 1.41. The number of aliphatic carboxylic acids is 1. The van der Waals surface area contributed by atoms with Gasteiger partial charge in [0.1, 0.15) is 12.1 Å². The van der Waals surface area contributed by atoms with Crippen molar-refractivity contribution < 1.29 is 32.7 Å². The van der Waals surface area contributed by atoms with E-state index in [-0.39, 0.29) is 30.7 Å². The molecule has 43 heavy (non-hydrogen) atoms. The zero-order valence-electron chi connectivity index (χ0n) is 23.1. The lowest BCUT2D eigenvalue weighted by Gasteiger charge is -2.19. The van der Waals surface area contributed by atoms with Gasteiger partial charge < -0.3 is 31.0 Å². The van der Waals surface area contributed by atoms with E-state index in [0.29, 0.717) is 16.8 Å². The van der Waals surface area contributed by atoms with Crippen LogP contribution in [0.3, 0.4) is 0 Å². The first-order valence-corrected chi connectivity index (χ1v) is 14.7. The Morgan fingerprint density at radius 2 is 1.70 bits per heavy atom. The number of rotatable bonds is 13. The molecule has 0 unspecified atom stereocenters. The van der Waals surface area contributed by atoms with Gasteiger partial charge in [-0.1, -0.05) is 36.4 Å². The third-order valence-corrected chi connectivity index (χ3v) is 8.09. The minimum absolute atomic E-state index is 0.00511. The van der Waals surface area contributed by atoms with Crippen molar-refractivity contribution in [1.82, 2.24) is 35.6 Å². The predicted octanol–water partition coefficient (Wildman–Crippen LogP) is 1.12. The lowest BCUT2D eigenvalue weighted by Crippen LogP contribution is -2.52. The number of aromatic amines is 2. The number of benzene rings is 2. The lowest BCUT2D eigenvalue weighted by molar-refractivity contribution is -0.141. The molecular formula is C28H31N7O7S. The first-order valence-electron chi connectivity index (χ1n) is 13.2. The third-order valence-electron chi connectivity index (χ3n) is 6.59. The van der Waals surface area contributed by atoms with Gasteiger partial charge in [-0.2, -0.15) is 0 Å². The van der Waals surface area contributed by atoms with Crippen LogP contribution >= 0.6 is 0 Å². The summed E-state index contributed by atoms with van der Waals surface area (Å²) in [4.78, 5) is 59.7. The van der Waals surface area contributed by atoms with Crippen LogP contribution in [0.15, 0.2) is 72.1 Å². The summed E-state index contributed by atoms with van der Waals surface area (Å²) >= 11 is 0. The normalized spacial score (nSPS) is 12.7. The van der Waals surface area contributed by atoms with Gasteiger partial charge >= 0.3 is 12.0 Å². The highest BCUT2D eigenvalue weighted by molar-refractivity contribution is 7.90. The third kappa shape index (κ3) is 8.19. The first kappa shape index (κ1) is 30.8. The van der Waals surface area contributed by atoms with Gasteiger partial charge in [-0.05, 0) is 30.2 Å². The molecule has 0 bridgehead atoms. The largest absolute Gasteiger partial charge is 0.480 e. The van der Waals surface area contributed by atoms with Crippen LogP contribution in [0.25, 0.3) is 10.9 Å². The summed E-state index contributed by atoms with van der Waals surface area (Å²) in [5.74, 6) is -2.52. The number of aromatic nitrogens is 3. The highest BCUT2D eigenvalue weighted by Gasteiger charge is 2.26. The minimum atomic E-state index is -4.23. The van der Waals surface area contributed by atoms with E-state index in [0.717, 1.165) is 10.9 Å². The Bertz CT molecular complexity index is 1720. The van der Waals surface area contributed by atoms with E-state index < -0.39 is 45.9 Å². The number of sulfonamides is 1. The number of amides is 4. The molecule has 2 atom stereocenters. The summed E-state index contributed by atoms with van der Waals surface area (Å²) in [5.41, 5.74) is 2.46. The zero-order valence-corrected chi connectivity index (χ0v) is 23.9. The molecule has 7 N–H and O–H groups in total. The smallest absolute Gasteiger partial charge is 0.329 e. The summed E-state index contributed by atoms with van der Waals surface area (Å²) < 4.78 is 27.6. The number of urea groups is 1. The molecular weight excluding hydrogens is 578 g/mol. The topological polar surface area (TPSA) is 215 Å². The molecule has 226 valence electrons. The lowest BCUT2D eigenvalue weighted by atomic mass is 10.0. The average Bonchev–Trinajstić information content (AvgIpc) is 3.62. The molecule has 0 spiro atoms. The monoisotopic (exact) mass is 609 g/mol. The van der Waals surface area contributed by atoms with E-state index in [9.17, 15) is 32.7 Å². The van der Waals surface area contributed by atoms with Crippen LogP contribution in [-0.4, -0.2) is 70.9 Å². The molecule has 15 heteroatoms. The van der Waals surface area contributed by atoms with Crippen molar-refractivity contribution in [3.8, 4) is 0 Å². The molecule has 2 aromatic heterocycles. The number of H-pyrrole nitrogens is 2. The van der Waals surface area contributed by atoms with E-state index in [4.69, 9.17) is 0 Å². The van der Waals surface area contributed by atoms with E-state index in [1.54, 1.807) is 25.3 Å². The number of carbonyl (C=O) groups excluding carboxylic acids is 3. The SMILES string of the molecule is Cc1ccccc1S(=O)(=O)NC(=O)N[C@@H](Cc1c[nH]c2ccccc12)C(=O)NCCC(=O)N[C@@H](Cc1cnc[nH]1)C(=O)O. The van der Waals surface area contributed by atoms with Crippen molar-refractivity contribution >= 4 is 44.7 Å². The minimum Gasteiger partial charge on any atom is -0.480 e. The number of fused-ring (bicyclic) bond motifs is 1. The second kappa shape index (κ2) is 13.7. The number of nitrogens with one attached hydrogen (secondary N) is 6. The van der Waals surface area contributed by atoms with Gasteiger partial charge in [0, 0.05) is 54.8 Å². The fourth-order valence-electron chi connectivity index (χ4n) is 4.46. The number of carboxylic acids is 1. The molecule has 0 fully saturated rings. The van der Waals surface area contributed by atoms with Crippen molar-refractivity contribution in [2.24, 2.45) is 0 Å². The fraction of sp³-hybridized carbons (Fsp3) is 0.250. The van der Waals surface area contributed by atoms with Crippen LogP contribution < -0.4 is 20.7 Å². The summed E-state index contributed by atoms with van der Waals surface area (Å²) in [6.07, 6.45) is 4.28. The molecule has 4 aromatic rings. The number of hydrogen-bond donors (Lipinski definition) is 7. The Hall–Kier alpha value is -5.18. The van der Waals surface area contributed by atoms with Gasteiger partial charge in [-0.25, -0.2) is 27.7 Å². The molecule has 14 nitrogen and oxygen atoms in total. The van der Waals surface area contributed by atoms with Gasteiger partial charge in [0.25, 0.3) is 10.0 Å². The Labute approximate surface area is 246 Å². The second-order valence-corrected chi connectivity index (χ2v) is 11.4. The number of hydrogen-bond acceptors (Lipinski definition) is 7. The Kier molecular flexibility index (Phi) is 9.77. The average molecular weight is 610 g/mol. The second-order valence-electron chi connectivity index (χ2n) is 9.74. The van der Waals surface area contributed by atoms with E-state index in [1.807, 2.05) is 29.0 Å². The van der Waals surface area contributed by atoms with Gasteiger partial charge in [-0.3, -0.25) is 9.59 Å². The maximum Gasteiger partial charge on any atom is 0.329 e. The Morgan fingerprint density at radius 3 is 2.42 bits per heavy atom. The first-order chi connectivity index (χ1) is 20.5.